The predicted molar refractivity (Wildman–Crippen MR) is 78.7 cm³/mol. The molecule has 0 bridgehead atoms. The summed E-state index contributed by atoms with van der Waals surface area (Å²) in [5, 5.41) is 2.81. The zero-order valence-corrected chi connectivity index (χ0v) is 12.8. The minimum absolute atomic E-state index is 0.0390. The van der Waals surface area contributed by atoms with Crippen molar-refractivity contribution >= 4 is 11.8 Å². The molecular weight excluding hydrogens is 291 g/mol. The summed E-state index contributed by atoms with van der Waals surface area (Å²) in [6, 6.07) is 3.52. The van der Waals surface area contributed by atoms with E-state index in [2.05, 4.69) is 5.18 Å². The average Bonchev–Trinajstić information content (AvgIpc) is 2.86. The lowest BCUT2D eigenvalue weighted by atomic mass is 10.2. The minimum atomic E-state index is -0.562. The maximum atomic E-state index is 13.2. The van der Waals surface area contributed by atoms with Crippen molar-refractivity contribution in [2.75, 3.05) is 13.1 Å². The van der Waals surface area contributed by atoms with Gasteiger partial charge in [-0.1, -0.05) is 0 Å². The quantitative estimate of drug-likeness (QED) is 0.800. The summed E-state index contributed by atoms with van der Waals surface area (Å²) in [6.45, 7) is 6.19. The number of nitrogens with zero attached hydrogens (tertiary/aromatic N) is 2. The van der Waals surface area contributed by atoms with Crippen LogP contribution in [0, 0.1) is 10.7 Å². The van der Waals surface area contributed by atoms with E-state index in [9.17, 15) is 14.1 Å². The highest BCUT2D eigenvalue weighted by molar-refractivity contribution is 5.68. The molecule has 0 aliphatic carbocycles. The van der Waals surface area contributed by atoms with Gasteiger partial charge >= 0.3 is 6.09 Å². The summed E-state index contributed by atoms with van der Waals surface area (Å²) >= 11 is 0. The van der Waals surface area contributed by atoms with Crippen molar-refractivity contribution in [2.45, 2.75) is 38.9 Å². The second kappa shape index (κ2) is 6.29. The Bertz CT molecular complexity index is 571. The summed E-state index contributed by atoms with van der Waals surface area (Å²) in [5.41, 5.74) is -0.523. The summed E-state index contributed by atoms with van der Waals surface area (Å²) in [7, 11) is 0. The number of carbonyl (C=O) groups excluding carboxylic acids is 1. The lowest BCUT2D eigenvalue weighted by Gasteiger charge is -2.24. The van der Waals surface area contributed by atoms with Gasteiger partial charge in [0.25, 0.3) is 0 Å². The smallest absolute Gasteiger partial charge is 0.410 e. The Balaban J connectivity index is 1.98. The van der Waals surface area contributed by atoms with Gasteiger partial charge in [0.15, 0.2) is 5.75 Å². The summed E-state index contributed by atoms with van der Waals surface area (Å²) in [4.78, 5) is 24.2. The molecule has 1 aliphatic rings. The molecule has 0 saturated carbocycles. The molecule has 1 fully saturated rings. The van der Waals surface area contributed by atoms with Gasteiger partial charge in [-0.3, -0.25) is 0 Å². The second-order valence-electron chi connectivity index (χ2n) is 6.16. The van der Waals surface area contributed by atoms with Crippen molar-refractivity contribution < 1.29 is 18.7 Å². The number of likely N-dealkylation sites (tertiary alicyclic amines) is 1. The normalized spacial score (nSPS) is 18.2. The van der Waals surface area contributed by atoms with Crippen molar-refractivity contribution in [1.29, 1.82) is 0 Å². The molecule has 1 aromatic carbocycles. The molecule has 1 amide bonds. The molecule has 1 heterocycles. The van der Waals surface area contributed by atoms with E-state index in [1.165, 1.54) is 11.0 Å². The number of amides is 1. The van der Waals surface area contributed by atoms with E-state index in [1.54, 1.807) is 20.8 Å². The van der Waals surface area contributed by atoms with Crippen molar-refractivity contribution in [3.05, 3.63) is 28.9 Å². The molecule has 6 nitrogen and oxygen atoms in total. The summed E-state index contributed by atoms with van der Waals surface area (Å²) in [6.07, 6.45) is -0.157. The Hall–Kier alpha value is -2.18. The molecular formula is C15H19FN2O4. The van der Waals surface area contributed by atoms with Crippen molar-refractivity contribution in [1.82, 2.24) is 4.90 Å². The minimum Gasteiger partial charge on any atom is -0.486 e. The summed E-state index contributed by atoms with van der Waals surface area (Å²) in [5.74, 6) is -0.421. The highest BCUT2D eigenvalue weighted by Gasteiger charge is 2.31. The highest BCUT2D eigenvalue weighted by atomic mass is 19.1. The molecule has 7 heteroatoms. The molecule has 0 N–H and O–H groups in total. The monoisotopic (exact) mass is 310 g/mol. The third kappa shape index (κ3) is 4.16. The number of hydrogen-bond acceptors (Lipinski definition) is 5. The zero-order valence-electron chi connectivity index (χ0n) is 12.8. The molecule has 2 rings (SSSR count). The molecule has 120 valence electrons. The molecule has 1 aromatic rings. The van der Waals surface area contributed by atoms with Gasteiger partial charge in [0.2, 0.25) is 0 Å². The third-order valence-electron chi connectivity index (χ3n) is 3.11. The van der Waals surface area contributed by atoms with Crippen LogP contribution in [-0.2, 0) is 4.74 Å². The molecule has 1 saturated heterocycles. The Kier molecular flexibility index (Phi) is 4.63. The largest absolute Gasteiger partial charge is 0.486 e. The van der Waals surface area contributed by atoms with Gasteiger partial charge < -0.3 is 14.4 Å². The first-order chi connectivity index (χ1) is 10.3. The van der Waals surface area contributed by atoms with Crippen molar-refractivity contribution in [3.8, 4) is 5.75 Å². The fourth-order valence-corrected chi connectivity index (χ4v) is 2.15. The van der Waals surface area contributed by atoms with Crippen LogP contribution in [-0.4, -0.2) is 35.8 Å². The number of carbonyl (C=O) groups is 1. The van der Waals surface area contributed by atoms with Crippen LogP contribution >= 0.6 is 0 Å². The van der Waals surface area contributed by atoms with Crippen LogP contribution in [0.4, 0.5) is 14.9 Å². The lowest BCUT2D eigenvalue weighted by molar-refractivity contribution is 0.0276. The Morgan fingerprint density at radius 3 is 2.77 bits per heavy atom. The van der Waals surface area contributed by atoms with Crippen LogP contribution in [0.25, 0.3) is 0 Å². The number of rotatable bonds is 3. The van der Waals surface area contributed by atoms with E-state index in [0.29, 0.717) is 19.5 Å². The summed E-state index contributed by atoms with van der Waals surface area (Å²) < 4.78 is 24.1. The van der Waals surface area contributed by atoms with E-state index in [1.807, 2.05) is 0 Å². The second-order valence-corrected chi connectivity index (χ2v) is 6.16. The predicted octanol–water partition coefficient (Wildman–Crippen LogP) is 3.61. The van der Waals surface area contributed by atoms with Crippen LogP contribution in [0.5, 0.6) is 5.75 Å². The van der Waals surface area contributed by atoms with E-state index in [-0.39, 0.29) is 17.5 Å². The topological polar surface area (TPSA) is 68.2 Å². The van der Waals surface area contributed by atoms with Crippen LogP contribution in [0.1, 0.15) is 27.2 Å². The van der Waals surface area contributed by atoms with Crippen molar-refractivity contribution in [3.63, 3.8) is 0 Å². The first-order valence-electron chi connectivity index (χ1n) is 7.06. The fourth-order valence-electron chi connectivity index (χ4n) is 2.15. The van der Waals surface area contributed by atoms with E-state index < -0.39 is 17.5 Å². The van der Waals surface area contributed by atoms with Crippen LogP contribution in [0.3, 0.4) is 0 Å². The SMILES string of the molecule is CC(C)(C)OC(=O)N1CC[C@H](Oc2cc(F)ccc2N=O)C1. The Labute approximate surface area is 128 Å². The molecule has 0 spiro atoms. The van der Waals surface area contributed by atoms with Crippen molar-refractivity contribution in [2.24, 2.45) is 5.18 Å². The Morgan fingerprint density at radius 2 is 2.14 bits per heavy atom. The van der Waals surface area contributed by atoms with Gasteiger partial charge in [-0.25, -0.2) is 9.18 Å². The maximum absolute atomic E-state index is 13.2. The molecule has 0 radical (unpaired) electrons. The van der Waals surface area contributed by atoms with Crippen LogP contribution in [0.2, 0.25) is 0 Å². The molecule has 22 heavy (non-hydrogen) atoms. The fraction of sp³-hybridized carbons (Fsp3) is 0.533. The molecule has 1 aliphatic heterocycles. The number of hydrogen-bond donors (Lipinski definition) is 0. The van der Waals surface area contributed by atoms with Crippen LogP contribution in [0.15, 0.2) is 23.4 Å². The Morgan fingerprint density at radius 1 is 1.41 bits per heavy atom. The van der Waals surface area contributed by atoms with Gasteiger partial charge in [-0.05, 0) is 38.1 Å². The van der Waals surface area contributed by atoms with E-state index in [0.717, 1.165) is 12.1 Å². The van der Waals surface area contributed by atoms with Gasteiger partial charge in [0, 0.05) is 19.0 Å². The lowest BCUT2D eigenvalue weighted by Crippen LogP contribution is -2.36. The first-order valence-corrected chi connectivity index (χ1v) is 7.06. The molecule has 0 unspecified atom stereocenters. The van der Waals surface area contributed by atoms with Gasteiger partial charge in [-0.2, -0.15) is 0 Å². The molecule has 1 atom stereocenters. The van der Waals surface area contributed by atoms with Gasteiger partial charge in [-0.15, -0.1) is 4.91 Å². The van der Waals surface area contributed by atoms with E-state index >= 15 is 0 Å². The third-order valence-corrected chi connectivity index (χ3v) is 3.11. The highest BCUT2D eigenvalue weighted by Crippen LogP contribution is 2.30. The average molecular weight is 310 g/mol. The molecule has 0 aromatic heterocycles. The van der Waals surface area contributed by atoms with Gasteiger partial charge in [0.1, 0.15) is 23.2 Å². The number of ether oxygens (including phenoxy) is 2. The number of benzene rings is 1. The number of halogens is 1. The zero-order chi connectivity index (χ0) is 16.3. The van der Waals surface area contributed by atoms with E-state index in [4.69, 9.17) is 9.47 Å². The number of nitroso groups, excluding NO2 is 1. The maximum Gasteiger partial charge on any atom is 0.410 e. The van der Waals surface area contributed by atoms with Crippen LogP contribution < -0.4 is 4.74 Å². The van der Waals surface area contributed by atoms with Gasteiger partial charge in [0.05, 0.1) is 6.54 Å². The standard InChI is InChI=1S/C15H19FN2O4/c1-15(2,3)22-14(19)18-7-6-11(9-18)21-13-8-10(16)4-5-12(13)17-20/h4-5,8,11H,6-7,9H2,1-3H3/t11-/m0/s1. The first kappa shape index (κ1) is 16.2.